The van der Waals surface area contributed by atoms with Gasteiger partial charge < -0.3 is 20.1 Å². The molecule has 116 valence electrons. The number of hydrogen-bond acceptors (Lipinski definition) is 6. The molecule has 7 nitrogen and oxygen atoms in total. The number of nitrogens with zero attached hydrogens (tertiary/aromatic N) is 1. The van der Waals surface area contributed by atoms with E-state index in [1.54, 1.807) is 31.4 Å². The number of aromatic nitrogens is 2. The van der Waals surface area contributed by atoms with E-state index < -0.39 is 5.56 Å². The summed E-state index contributed by atoms with van der Waals surface area (Å²) in [6.45, 7) is 0. The number of carbonyl (C=O) groups is 1. The Morgan fingerprint density at radius 1 is 1.45 bits per heavy atom. The van der Waals surface area contributed by atoms with Crippen LogP contribution in [0.4, 0.5) is 5.69 Å². The molecule has 3 N–H and O–H groups in total. The van der Waals surface area contributed by atoms with Gasteiger partial charge in [-0.05, 0) is 12.1 Å². The molecule has 0 atom stereocenters. The van der Waals surface area contributed by atoms with Crippen molar-refractivity contribution in [1.82, 2.24) is 9.97 Å². The van der Waals surface area contributed by atoms with Gasteiger partial charge in [0.2, 0.25) is 11.8 Å². The number of anilines is 1. The van der Waals surface area contributed by atoms with Crippen LogP contribution in [0.2, 0.25) is 0 Å². The second kappa shape index (κ2) is 7.51. The Hall–Kier alpha value is -2.48. The fraction of sp³-hybridized carbons (Fsp3) is 0.214. The zero-order valence-corrected chi connectivity index (χ0v) is 12.6. The van der Waals surface area contributed by atoms with Crippen molar-refractivity contribution in [3.05, 3.63) is 40.7 Å². The summed E-state index contributed by atoms with van der Waals surface area (Å²) in [6.07, 6.45) is 0.237. The summed E-state index contributed by atoms with van der Waals surface area (Å²) < 4.78 is 5.08. The van der Waals surface area contributed by atoms with Crippen LogP contribution in [0.1, 0.15) is 6.42 Å². The number of aromatic amines is 1. The van der Waals surface area contributed by atoms with Crippen molar-refractivity contribution in [3.63, 3.8) is 0 Å². The van der Waals surface area contributed by atoms with Crippen LogP contribution in [0.15, 0.2) is 40.3 Å². The summed E-state index contributed by atoms with van der Waals surface area (Å²) in [7, 11) is 1.56. The Kier molecular flexibility index (Phi) is 5.42. The third kappa shape index (κ3) is 4.81. The Bertz CT molecular complexity index is 717. The van der Waals surface area contributed by atoms with E-state index in [9.17, 15) is 14.7 Å². The first-order valence-electron chi connectivity index (χ1n) is 6.44. The highest BCUT2D eigenvalue weighted by Crippen LogP contribution is 2.18. The number of nitrogens with one attached hydrogen (secondary N) is 2. The van der Waals surface area contributed by atoms with Crippen molar-refractivity contribution in [2.45, 2.75) is 11.6 Å². The maximum absolute atomic E-state index is 11.8. The van der Waals surface area contributed by atoms with Gasteiger partial charge in [0.05, 0.1) is 13.2 Å². The molecule has 1 aromatic carbocycles. The van der Waals surface area contributed by atoms with Gasteiger partial charge in [0.25, 0.3) is 5.56 Å². The topological polar surface area (TPSA) is 104 Å². The molecule has 0 bridgehead atoms. The fourth-order valence-electron chi connectivity index (χ4n) is 1.66. The van der Waals surface area contributed by atoms with Gasteiger partial charge in [-0.2, -0.15) is 4.98 Å². The molecular weight excluding hydrogens is 306 g/mol. The van der Waals surface area contributed by atoms with Crippen molar-refractivity contribution >= 4 is 23.4 Å². The summed E-state index contributed by atoms with van der Waals surface area (Å²) in [6, 6.07) is 8.04. The number of amides is 1. The third-order valence-corrected chi connectivity index (χ3v) is 3.50. The minimum Gasteiger partial charge on any atom is -0.497 e. The quantitative estimate of drug-likeness (QED) is 0.551. The molecule has 0 aliphatic heterocycles. The van der Waals surface area contributed by atoms with Crippen LogP contribution < -0.4 is 15.6 Å². The van der Waals surface area contributed by atoms with Crippen LogP contribution >= 0.6 is 11.8 Å². The molecule has 0 spiro atoms. The molecular formula is C14H15N3O4S. The lowest BCUT2D eigenvalue weighted by Gasteiger charge is -2.06. The largest absolute Gasteiger partial charge is 0.497 e. The van der Waals surface area contributed by atoms with Crippen molar-refractivity contribution < 1.29 is 14.6 Å². The summed E-state index contributed by atoms with van der Waals surface area (Å²) in [5.74, 6) is 0.575. The molecule has 1 amide bonds. The minimum atomic E-state index is -0.434. The Morgan fingerprint density at radius 3 is 3.00 bits per heavy atom. The number of H-pyrrole nitrogens is 1. The Balaban J connectivity index is 1.83. The summed E-state index contributed by atoms with van der Waals surface area (Å²) in [4.78, 5) is 29.2. The number of benzene rings is 1. The molecule has 8 heteroatoms. The highest BCUT2D eigenvalue weighted by atomic mass is 32.2. The molecule has 0 fully saturated rings. The summed E-state index contributed by atoms with van der Waals surface area (Å²) >= 11 is 1.18. The number of rotatable bonds is 6. The lowest BCUT2D eigenvalue weighted by Crippen LogP contribution is -2.12. The van der Waals surface area contributed by atoms with Crippen LogP contribution in [0, 0.1) is 0 Å². The zero-order valence-electron chi connectivity index (χ0n) is 11.8. The second-order valence-electron chi connectivity index (χ2n) is 4.29. The molecule has 0 aliphatic carbocycles. The minimum absolute atomic E-state index is 0.164. The van der Waals surface area contributed by atoms with Crippen molar-refractivity contribution in [2.24, 2.45) is 0 Å². The molecule has 0 radical (unpaired) electrons. The van der Waals surface area contributed by atoms with Gasteiger partial charge >= 0.3 is 0 Å². The zero-order chi connectivity index (χ0) is 15.9. The molecule has 22 heavy (non-hydrogen) atoms. The average molecular weight is 321 g/mol. The Labute approximate surface area is 130 Å². The van der Waals surface area contributed by atoms with E-state index in [1.807, 2.05) is 0 Å². The number of aromatic hydroxyl groups is 1. The lowest BCUT2D eigenvalue weighted by atomic mass is 10.3. The van der Waals surface area contributed by atoms with Crippen molar-refractivity contribution in [3.8, 4) is 11.6 Å². The first kappa shape index (κ1) is 15.9. The molecule has 0 unspecified atom stereocenters. The van der Waals surface area contributed by atoms with Gasteiger partial charge in [0.1, 0.15) is 5.75 Å². The lowest BCUT2D eigenvalue weighted by molar-refractivity contribution is -0.115. The Morgan fingerprint density at radius 2 is 2.27 bits per heavy atom. The molecule has 0 saturated carbocycles. The monoisotopic (exact) mass is 321 g/mol. The number of methoxy groups -OCH3 is 1. The maximum atomic E-state index is 11.8. The van der Waals surface area contributed by atoms with Gasteiger partial charge in [0.15, 0.2) is 5.16 Å². The van der Waals surface area contributed by atoms with Crippen LogP contribution in [0.3, 0.4) is 0 Å². The standard InChI is InChI=1S/C14H15N3O4S/c1-21-10-4-2-3-9(7-10)15-11(18)5-6-22-14-16-12(19)8-13(20)17-14/h2-4,7-8H,5-6H2,1H3,(H,15,18)(H2,16,17,19,20). The van der Waals surface area contributed by atoms with Gasteiger partial charge in [-0.1, -0.05) is 17.8 Å². The van der Waals surface area contributed by atoms with E-state index in [0.717, 1.165) is 6.07 Å². The number of ether oxygens (including phenoxy) is 1. The van der Waals surface area contributed by atoms with E-state index in [2.05, 4.69) is 15.3 Å². The van der Waals surface area contributed by atoms with E-state index >= 15 is 0 Å². The number of hydrogen-bond donors (Lipinski definition) is 3. The molecule has 1 heterocycles. The third-order valence-electron chi connectivity index (χ3n) is 2.63. The predicted molar refractivity (Wildman–Crippen MR) is 83.5 cm³/mol. The SMILES string of the molecule is COc1cccc(NC(=O)CCSc2nc(O)cc(=O)[nH]2)c1. The van der Waals surface area contributed by atoms with Crippen LogP contribution in [-0.2, 0) is 4.79 Å². The van der Waals surface area contributed by atoms with Gasteiger partial charge in [-0.3, -0.25) is 9.59 Å². The molecule has 0 saturated heterocycles. The van der Waals surface area contributed by atoms with E-state index in [4.69, 9.17) is 4.74 Å². The maximum Gasteiger partial charge on any atom is 0.255 e. The summed E-state index contributed by atoms with van der Waals surface area (Å²) in [5.41, 5.74) is 0.217. The first-order valence-corrected chi connectivity index (χ1v) is 7.42. The van der Waals surface area contributed by atoms with E-state index in [1.165, 1.54) is 11.8 Å². The molecule has 0 aliphatic rings. The highest BCUT2D eigenvalue weighted by molar-refractivity contribution is 7.99. The van der Waals surface area contributed by atoms with E-state index in [0.29, 0.717) is 17.2 Å². The molecule has 2 rings (SSSR count). The molecule has 2 aromatic rings. The van der Waals surface area contributed by atoms with Gasteiger partial charge in [0, 0.05) is 23.9 Å². The highest BCUT2D eigenvalue weighted by Gasteiger charge is 2.06. The van der Waals surface area contributed by atoms with Crippen LogP contribution in [0.25, 0.3) is 0 Å². The second-order valence-corrected chi connectivity index (χ2v) is 5.37. The van der Waals surface area contributed by atoms with Gasteiger partial charge in [-0.15, -0.1) is 0 Å². The normalized spacial score (nSPS) is 10.2. The average Bonchev–Trinajstić information content (AvgIpc) is 2.46. The van der Waals surface area contributed by atoms with Crippen LogP contribution in [-0.4, -0.2) is 33.8 Å². The van der Waals surface area contributed by atoms with Crippen LogP contribution in [0.5, 0.6) is 11.6 Å². The van der Waals surface area contributed by atoms with E-state index in [-0.39, 0.29) is 23.4 Å². The number of thioether (sulfide) groups is 1. The molecule has 1 aromatic heterocycles. The summed E-state index contributed by atoms with van der Waals surface area (Å²) in [5, 5.41) is 12.2. The number of carbonyl (C=O) groups excluding carboxylic acids is 1. The van der Waals surface area contributed by atoms with Crippen molar-refractivity contribution in [1.29, 1.82) is 0 Å². The predicted octanol–water partition coefficient (Wildman–Crippen LogP) is 1.60. The fourth-order valence-corrected chi connectivity index (χ4v) is 2.47. The smallest absolute Gasteiger partial charge is 0.255 e. The first-order chi connectivity index (χ1) is 10.6. The van der Waals surface area contributed by atoms with Gasteiger partial charge in [-0.25, -0.2) is 0 Å². The van der Waals surface area contributed by atoms with Crippen molar-refractivity contribution in [2.75, 3.05) is 18.2 Å².